The lowest BCUT2D eigenvalue weighted by Gasteiger charge is -2.03. The highest BCUT2D eigenvalue weighted by molar-refractivity contribution is 5.99. The van der Waals surface area contributed by atoms with Gasteiger partial charge in [-0.25, -0.2) is 0 Å². The third kappa shape index (κ3) is 2.27. The van der Waals surface area contributed by atoms with Crippen LogP contribution >= 0.6 is 0 Å². The second-order valence-electron chi connectivity index (χ2n) is 5.37. The number of fused-ring (bicyclic) bond motifs is 2. The summed E-state index contributed by atoms with van der Waals surface area (Å²) in [6.07, 6.45) is 1.91. The van der Waals surface area contributed by atoms with Gasteiger partial charge in [0.1, 0.15) is 6.54 Å². The zero-order valence-corrected chi connectivity index (χ0v) is 11.9. The van der Waals surface area contributed by atoms with Crippen molar-refractivity contribution in [3.63, 3.8) is 0 Å². The number of carbonyl (C=O) groups is 1. The van der Waals surface area contributed by atoms with Gasteiger partial charge in [-0.05, 0) is 22.9 Å². The van der Waals surface area contributed by atoms with Gasteiger partial charge in [-0.3, -0.25) is 9.48 Å². The molecule has 1 heterocycles. The van der Waals surface area contributed by atoms with Crippen LogP contribution in [0.2, 0.25) is 0 Å². The minimum absolute atomic E-state index is 0.0681. The summed E-state index contributed by atoms with van der Waals surface area (Å²) < 4.78 is 1.71. The van der Waals surface area contributed by atoms with Crippen molar-refractivity contribution in [3.8, 4) is 0 Å². The zero-order valence-electron chi connectivity index (χ0n) is 11.9. The van der Waals surface area contributed by atoms with Crippen LogP contribution in [0.3, 0.4) is 0 Å². The number of nitrogens with zero attached hydrogens (tertiary/aromatic N) is 2. The molecular formula is C19H14N2O. The summed E-state index contributed by atoms with van der Waals surface area (Å²) >= 11 is 0. The van der Waals surface area contributed by atoms with Crippen molar-refractivity contribution in [3.05, 3.63) is 78.5 Å². The van der Waals surface area contributed by atoms with Gasteiger partial charge in [0.25, 0.3) is 0 Å². The Bertz CT molecular complexity index is 952. The third-order valence-electron chi connectivity index (χ3n) is 3.84. The van der Waals surface area contributed by atoms with Gasteiger partial charge in [-0.15, -0.1) is 0 Å². The molecule has 0 fully saturated rings. The van der Waals surface area contributed by atoms with Gasteiger partial charge in [0.2, 0.25) is 0 Å². The summed E-state index contributed by atoms with van der Waals surface area (Å²) in [4.78, 5) is 12.5. The Labute approximate surface area is 127 Å². The van der Waals surface area contributed by atoms with Crippen molar-refractivity contribution in [2.45, 2.75) is 6.54 Å². The fourth-order valence-electron chi connectivity index (χ4n) is 2.70. The van der Waals surface area contributed by atoms with Gasteiger partial charge in [0.15, 0.2) is 5.78 Å². The Balaban J connectivity index is 1.65. The van der Waals surface area contributed by atoms with E-state index in [1.54, 1.807) is 4.68 Å². The number of ketones is 1. The van der Waals surface area contributed by atoms with E-state index in [9.17, 15) is 4.79 Å². The zero-order chi connectivity index (χ0) is 14.9. The Morgan fingerprint density at radius 3 is 2.41 bits per heavy atom. The molecule has 4 rings (SSSR count). The van der Waals surface area contributed by atoms with Gasteiger partial charge < -0.3 is 0 Å². The fourth-order valence-corrected chi connectivity index (χ4v) is 2.70. The largest absolute Gasteiger partial charge is 0.292 e. The van der Waals surface area contributed by atoms with Crippen LogP contribution in [-0.4, -0.2) is 15.6 Å². The van der Waals surface area contributed by atoms with E-state index in [4.69, 9.17) is 0 Å². The molecule has 4 aromatic rings. The van der Waals surface area contributed by atoms with Crippen LogP contribution in [-0.2, 0) is 6.54 Å². The van der Waals surface area contributed by atoms with Crippen molar-refractivity contribution < 1.29 is 4.79 Å². The molecule has 0 N–H and O–H groups in total. The predicted octanol–water partition coefficient (Wildman–Crippen LogP) is 4.07. The molecule has 0 radical (unpaired) electrons. The first-order chi connectivity index (χ1) is 10.8. The molecule has 3 aromatic carbocycles. The molecule has 3 nitrogen and oxygen atoms in total. The maximum Gasteiger partial charge on any atom is 0.184 e. The Morgan fingerprint density at radius 1 is 0.864 bits per heavy atom. The first-order valence-electron chi connectivity index (χ1n) is 7.24. The molecule has 106 valence electrons. The van der Waals surface area contributed by atoms with E-state index in [-0.39, 0.29) is 12.3 Å². The lowest BCUT2D eigenvalue weighted by atomic mass is 10.0. The van der Waals surface area contributed by atoms with Gasteiger partial charge in [0, 0.05) is 17.1 Å². The van der Waals surface area contributed by atoms with E-state index in [1.807, 2.05) is 72.9 Å². The molecule has 0 atom stereocenters. The van der Waals surface area contributed by atoms with E-state index >= 15 is 0 Å². The van der Waals surface area contributed by atoms with Gasteiger partial charge in [-0.1, -0.05) is 54.6 Å². The van der Waals surface area contributed by atoms with Crippen LogP contribution in [0.25, 0.3) is 21.7 Å². The smallest absolute Gasteiger partial charge is 0.184 e. The first kappa shape index (κ1) is 12.8. The summed E-state index contributed by atoms with van der Waals surface area (Å²) in [5, 5.41) is 7.71. The molecule has 0 unspecified atom stereocenters. The summed E-state index contributed by atoms with van der Waals surface area (Å²) in [6, 6.07) is 21.7. The number of Topliss-reactive ketones (excluding diaryl/α,β-unsaturated/α-hetero) is 1. The molecule has 0 amide bonds. The molecule has 0 saturated heterocycles. The quantitative estimate of drug-likeness (QED) is 0.532. The Hall–Kier alpha value is -2.94. The highest BCUT2D eigenvalue weighted by Crippen LogP contribution is 2.17. The number of rotatable bonds is 3. The van der Waals surface area contributed by atoms with Crippen molar-refractivity contribution >= 4 is 27.5 Å². The van der Waals surface area contributed by atoms with Gasteiger partial charge >= 0.3 is 0 Å². The van der Waals surface area contributed by atoms with Crippen LogP contribution in [0.5, 0.6) is 0 Å². The topological polar surface area (TPSA) is 34.9 Å². The highest BCUT2D eigenvalue weighted by Gasteiger charge is 2.09. The SMILES string of the molecule is O=C(Cn1cc2ccccc2n1)c1ccc2ccccc2c1. The van der Waals surface area contributed by atoms with Crippen molar-refractivity contribution in [2.75, 3.05) is 0 Å². The molecule has 0 bridgehead atoms. The normalized spacial score (nSPS) is 11.1. The number of benzene rings is 3. The van der Waals surface area contributed by atoms with Crippen LogP contribution in [0.15, 0.2) is 72.9 Å². The van der Waals surface area contributed by atoms with Gasteiger partial charge in [0.05, 0.1) is 5.52 Å². The molecule has 0 aliphatic rings. The van der Waals surface area contributed by atoms with Crippen LogP contribution in [0.4, 0.5) is 0 Å². The van der Waals surface area contributed by atoms with Crippen LogP contribution < -0.4 is 0 Å². The number of hydrogen-bond acceptors (Lipinski definition) is 2. The fraction of sp³-hybridized carbons (Fsp3) is 0.0526. The lowest BCUT2D eigenvalue weighted by Crippen LogP contribution is -2.10. The molecular weight excluding hydrogens is 272 g/mol. The monoisotopic (exact) mass is 286 g/mol. The molecule has 3 heteroatoms. The van der Waals surface area contributed by atoms with Crippen LogP contribution in [0, 0.1) is 0 Å². The lowest BCUT2D eigenvalue weighted by molar-refractivity contribution is 0.0968. The highest BCUT2D eigenvalue weighted by atomic mass is 16.1. The molecule has 0 saturated carbocycles. The summed E-state index contributed by atoms with van der Waals surface area (Å²) in [5.74, 6) is 0.0681. The summed E-state index contributed by atoms with van der Waals surface area (Å²) in [6.45, 7) is 0.257. The van der Waals surface area contributed by atoms with E-state index < -0.39 is 0 Å². The third-order valence-corrected chi connectivity index (χ3v) is 3.84. The number of carbonyl (C=O) groups excluding carboxylic acids is 1. The average Bonchev–Trinajstić information content (AvgIpc) is 2.96. The molecule has 0 spiro atoms. The molecule has 0 aliphatic heterocycles. The van der Waals surface area contributed by atoms with Crippen molar-refractivity contribution in [1.82, 2.24) is 9.78 Å². The Morgan fingerprint density at radius 2 is 1.59 bits per heavy atom. The van der Waals surface area contributed by atoms with Crippen molar-refractivity contribution in [2.24, 2.45) is 0 Å². The second kappa shape index (κ2) is 5.11. The maximum atomic E-state index is 12.5. The van der Waals surface area contributed by atoms with E-state index in [1.165, 1.54) is 0 Å². The molecule has 1 aromatic heterocycles. The predicted molar refractivity (Wildman–Crippen MR) is 88.0 cm³/mol. The first-order valence-corrected chi connectivity index (χ1v) is 7.24. The summed E-state index contributed by atoms with van der Waals surface area (Å²) in [5.41, 5.74) is 1.63. The Kier molecular flexibility index (Phi) is 2.97. The second-order valence-corrected chi connectivity index (χ2v) is 5.37. The summed E-state index contributed by atoms with van der Waals surface area (Å²) in [7, 11) is 0. The van der Waals surface area contributed by atoms with Crippen molar-refractivity contribution in [1.29, 1.82) is 0 Å². The minimum atomic E-state index is 0.0681. The van der Waals surface area contributed by atoms with E-state index in [2.05, 4.69) is 5.10 Å². The minimum Gasteiger partial charge on any atom is -0.292 e. The molecule has 0 aliphatic carbocycles. The van der Waals surface area contributed by atoms with Gasteiger partial charge in [-0.2, -0.15) is 5.10 Å². The van der Waals surface area contributed by atoms with E-state index in [0.29, 0.717) is 0 Å². The van der Waals surface area contributed by atoms with Crippen LogP contribution in [0.1, 0.15) is 10.4 Å². The number of hydrogen-bond donors (Lipinski definition) is 0. The standard InChI is InChI=1S/C19H14N2O/c22-19(13-21-12-17-7-3-4-8-18(17)20-21)16-10-9-14-5-1-2-6-15(14)11-16/h1-12H,13H2. The van der Waals surface area contributed by atoms with E-state index in [0.717, 1.165) is 27.2 Å². The number of aromatic nitrogens is 2. The average molecular weight is 286 g/mol. The maximum absolute atomic E-state index is 12.5. The molecule has 22 heavy (non-hydrogen) atoms.